The second kappa shape index (κ2) is 4.35. The molecular formula is C6H11NO5S. The van der Waals surface area contributed by atoms with E-state index in [1.54, 1.807) is 0 Å². The van der Waals surface area contributed by atoms with Gasteiger partial charge in [-0.15, -0.1) is 0 Å². The largest absolute Gasteiger partial charge is 0.373 e. The summed E-state index contributed by atoms with van der Waals surface area (Å²) < 4.78 is 28.7. The van der Waals surface area contributed by atoms with Gasteiger partial charge in [-0.3, -0.25) is 9.35 Å². The Bertz CT molecular complexity index is 307. The minimum absolute atomic E-state index is 0.134. The van der Waals surface area contributed by atoms with Crippen molar-refractivity contribution in [2.24, 2.45) is 0 Å². The standard InChI is InChI=1S/C6H11NO5S/c1-4(2)6(9)7-5(8)3-13(10,11)12/h5,8H,1,3H2,2H3,(H,7,9)(H,10,11,12). The molecule has 0 heterocycles. The van der Waals surface area contributed by atoms with Crippen molar-refractivity contribution in [3.05, 3.63) is 12.2 Å². The fourth-order valence-electron chi connectivity index (χ4n) is 0.516. The Morgan fingerprint density at radius 1 is 1.62 bits per heavy atom. The molecule has 0 radical (unpaired) electrons. The summed E-state index contributed by atoms with van der Waals surface area (Å²) in [7, 11) is -4.29. The lowest BCUT2D eigenvalue weighted by Crippen LogP contribution is -2.39. The van der Waals surface area contributed by atoms with E-state index in [2.05, 4.69) is 6.58 Å². The lowest BCUT2D eigenvalue weighted by molar-refractivity contribution is -0.119. The molecule has 0 aromatic carbocycles. The summed E-state index contributed by atoms with van der Waals surface area (Å²) in [6, 6.07) is 0. The van der Waals surface area contributed by atoms with Crippen molar-refractivity contribution in [3.8, 4) is 0 Å². The first-order valence-electron chi connectivity index (χ1n) is 3.32. The van der Waals surface area contributed by atoms with Gasteiger partial charge >= 0.3 is 0 Å². The molecule has 3 N–H and O–H groups in total. The van der Waals surface area contributed by atoms with Crippen LogP contribution in [-0.4, -0.2) is 36.0 Å². The van der Waals surface area contributed by atoms with Crippen molar-refractivity contribution in [2.75, 3.05) is 5.75 Å². The van der Waals surface area contributed by atoms with Crippen LogP contribution in [0.3, 0.4) is 0 Å². The molecule has 0 saturated heterocycles. The summed E-state index contributed by atoms with van der Waals surface area (Å²) >= 11 is 0. The lowest BCUT2D eigenvalue weighted by Gasteiger charge is -2.10. The predicted octanol–water partition coefficient (Wildman–Crippen LogP) is -1.12. The molecule has 0 aliphatic carbocycles. The van der Waals surface area contributed by atoms with Crippen LogP contribution in [0.25, 0.3) is 0 Å². The molecule has 0 rings (SSSR count). The molecular weight excluding hydrogens is 198 g/mol. The van der Waals surface area contributed by atoms with Crippen LogP contribution in [0, 0.1) is 0 Å². The van der Waals surface area contributed by atoms with Crippen molar-refractivity contribution >= 4 is 16.0 Å². The zero-order chi connectivity index (χ0) is 10.6. The molecule has 6 nitrogen and oxygen atoms in total. The van der Waals surface area contributed by atoms with Gasteiger partial charge < -0.3 is 10.4 Å². The molecule has 0 aliphatic heterocycles. The molecule has 1 atom stereocenters. The molecule has 76 valence electrons. The number of rotatable bonds is 4. The third-order valence-electron chi connectivity index (χ3n) is 1.05. The fourth-order valence-corrected chi connectivity index (χ4v) is 0.998. The Hall–Kier alpha value is -0.920. The van der Waals surface area contributed by atoms with Crippen LogP contribution < -0.4 is 5.32 Å². The number of nitrogens with one attached hydrogen (secondary N) is 1. The summed E-state index contributed by atoms with van der Waals surface area (Å²) in [6.45, 7) is 4.67. The van der Waals surface area contributed by atoms with Gasteiger partial charge in [0.1, 0.15) is 12.0 Å². The molecule has 0 bridgehead atoms. The van der Waals surface area contributed by atoms with Crippen molar-refractivity contribution in [1.82, 2.24) is 5.32 Å². The van der Waals surface area contributed by atoms with Crippen LogP contribution in [0.4, 0.5) is 0 Å². The van der Waals surface area contributed by atoms with Gasteiger partial charge in [0, 0.05) is 5.57 Å². The van der Waals surface area contributed by atoms with Crippen LogP contribution >= 0.6 is 0 Å². The van der Waals surface area contributed by atoms with E-state index in [0.717, 1.165) is 0 Å². The Labute approximate surface area is 76.0 Å². The Kier molecular flexibility index (Phi) is 4.05. The number of hydrogen-bond donors (Lipinski definition) is 3. The number of carbonyl (C=O) groups is 1. The highest BCUT2D eigenvalue weighted by molar-refractivity contribution is 7.85. The normalized spacial score (nSPS) is 13.5. The third-order valence-corrected chi connectivity index (χ3v) is 1.79. The maximum absolute atomic E-state index is 10.8. The molecule has 0 aliphatic rings. The fraction of sp³-hybridized carbons (Fsp3) is 0.500. The number of hydrogen-bond acceptors (Lipinski definition) is 4. The van der Waals surface area contributed by atoms with E-state index in [4.69, 9.17) is 9.66 Å². The zero-order valence-electron chi connectivity index (χ0n) is 7.02. The lowest BCUT2D eigenvalue weighted by atomic mass is 10.3. The van der Waals surface area contributed by atoms with Crippen LogP contribution in [0.2, 0.25) is 0 Å². The van der Waals surface area contributed by atoms with Gasteiger partial charge in [-0.2, -0.15) is 8.42 Å². The van der Waals surface area contributed by atoms with E-state index in [0.29, 0.717) is 0 Å². The van der Waals surface area contributed by atoms with E-state index < -0.39 is 28.0 Å². The van der Waals surface area contributed by atoms with E-state index in [-0.39, 0.29) is 5.57 Å². The van der Waals surface area contributed by atoms with Crippen molar-refractivity contribution < 1.29 is 22.9 Å². The van der Waals surface area contributed by atoms with Crippen molar-refractivity contribution in [3.63, 3.8) is 0 Å². The highest BCUT2D eigenvalue weighted by Crippen LogP contribution is 1.91. The van der Waals surface area contributed by atoms with Crippen LogP contribution in [0.15, 0.2) is 12.2 Å². The van der Waals surface area contributed by atoms with Crippen LogP contribution in [0.1, 0.15) is 6.92 Å². The van der Waals surface area contributed by atoms with Gasteiger partial charge in [-0.1, -0.05) is 6.58 Å². The Morgan fingerprint density at radius 2 is 2.08 bits per heavy atom. The number of aliphatic hydroxyl groups excluding tert-OH is 1. The second-order valence-corrected chi connectivity index (χ2v) is 4.02. The van der Waals surface area contributed by atoms with Crippen LogP contribution in [0.5, 0.6) is 0 Å². The summed E-state index contributed by atoms with van der Waals surface area (Å²) in [6.07, 6.45) is -1.63. The van der Waals surface area contributed by atoms with Gasteiger partial charge in [0.05, 0.1) is 0 Å². The number of aliphatic hydroxyl groups is 1. The SMILES string of the molecule is C=C(C)C(=O)NC(O)CS(=O)(=O)O. The quantitative estimate of drug-likeness (QED) is 0.309. The Balaban J connectivity index is 4.10. The van der Waals surface area contributed by atoms with Gasteiger partial charge in [-0.25, -0.2) is 0 Å². The summed E-state index contributed by atoms with van der Waals surface area (Å²) in [5.74, 6) is -1.61. The van der Waals surface area contributed by atoms with Gasteiger partial charge in [0.25, 0.3) is 10.1 Å². The molecule has 0 aromatic rings. The van der Waals surface area contributed by atoms with Gasteiger partial charge in [-0.05, 0) is 6.92 Å². The first-order valence-corrected chi connectivity index (χ1v) is 4.93. The minimum atomic E-state index is -4.29. The molecule has 0 aromatic heterocycles. The van der Waals surface area contributed by atoms with Crippen LogP contribution in [-0.2, 0) is 14.9 Å². The smallest absolute Gasteiger partial charge is 0.269 e. The summed E-state index contributed by atoms with van der Waals surface area (Å²) in [5.41, 5.74) is 0.134. The summed E-state index contributed by atoms with van der Waals surface area (Å²) in [4.78, 5) is 10.8. The topological polar surface area (TPSA) is 104 Å². The number of carbonyl (C=O) groups excluding carboxylic acids is 1. The highest BCUT2D eigenvalue weighted by Gasteiger charge is 2.16. The maximum Gasteiger partial charge on any atom is 0.269 e. The van der Waals surface area contributed by atoms with Crippen molar-refractivity contribution in [2.45, 2.75) is 13.2 Å². The maximum atomic E-state index is 10.8. The molecule has 0 fully saturated rings. The zero-order valence-corrected chi connectivity index (χ0v) is 7.84. The summed E-state index contributed by atoms with van der Waals surface area (Å²) in [5, 5.41) is 10.8. The average molecular weight is 209 g/mol. The predicted molar refractivity (Wildman–Crippen MR) is 45.4 cm³/mol. The molecule has 0 spiro atoms. The van der Waals surface area contributed by atoms with Crippen molar-refractivity contribution in [1.29, 1.82) is 0 Å². The second-order valence-electron chi connectivity index (χ2n) is 2.52. The van der Waals surface area contributed by atoms with Gasteiger partial charge in [0.15, 0.2) is 0 Å². The first-order chi connectivity index (χ1) is 5.72. The van der Waals surface area contributed by atoms with E-state index in [9.17, 15) is 13.2 Å². The monoisotopic (exact) mass is 209 g/mol. The van der Waals surface area contributed by atoms with E-state index in [1.807, 2.05) is 5.32 Å². The highest BCUT2D eigenvalue weighted by atomic mass is 32.2. The molecule has 0 saturated carbocycles. The third kappa shape index (κ3) is 6.26. The molecule has 1 amide bonds. The molecule has 1 unspecified atom stereocenters. The Morgan fingerprint density at radius 3 is 2.38 bits per heavy atom. The van der Waals surface area contributed by atoms with E-state index >= 15 is 0 Å². The van der Waals surface area contributed by atoms with E-state index in [1.165, 1.54) is 6.92 Å². The first kappa shape index (κ1) is 12.1. The van der Waals surface area contributed by atoms with Gasteiger partial charge in [0.2, 0.25) is 5.91 Å². The minimum Gasteiger partial charge on any atom is -0.373 e. The average Bonchev–Trinajstić information content (AvgIpc) is 1.81. The molecule has 7 heteroatoms. The number of amides is 1. The molecule has 13 heavy (non-hydrogen) atoms.